The number of ether oxygens (including phenoxy) is 1. The Labute approximate surface area is 112 Å². The molecule has 2 heterocycles. The minimum absolute atomic E-state index is 0.0502. The quantitative estimate of drug-likeness (QED) is 0.829. The molecule has 0 unspecified atom stereocenters. The third-order valence-electron chi connectivity index (χ3n) is 3.07. The predicted molar refractivity (Wildman–Crippen MR) is 71.3 cm³/mol. The summed E-state index contributed by atoms with van der Waals surface area (Å²) in [6.07, 6.45) is 0. The second-order valence-electron chi connectivity index (χ2n) is 4.43. The number of aromatic nitrogens is 1. The first-order valence-corrected chi connectivity index (χ1v) is 6.38. The maximum Gasteiger partial charge on any atom is 0.272 e. The lowest BCUT2D eigenvalue weighted by atomic mass is 10.3. The molecule has 6 heteroatoms. The van der Waals surface area contributed by atoms with Gasteiger partial charge in [0.1, 0.15) is 11.5 Å². The van der Waals surface area contributed by atoms with Crippen LogP contribution in [0, 0.1) is 0 Å². The van der Waals surface area contributed by atoms with Crippen LogP contribution in [-0.4, -0.2) is 67.4 Å². The van der Waals surface area contributed by atoms with Crippen LogP contribution in [0.4, 0.5) is 5.82 Å². The highest BCUT2D eigenvalue weighted by Crippen LogP contribution is 2.14. The summed E-state index contributed by atoms with van der Waals surface area (Å²) < 4.78 is 5.30. The minimum Gasteiger partial charge on any atom is -0.395 e. The lowest BCUT2D eigenvalue weighted by Crippen LogP contribution is -2.37. The van der Waals surface area contributed by atoms with E-state index in [2.05, 4.69) is 9.88 Å². The number of carbonyl (C=O) groups excluding carboxylic acids is 1. The van der Waals surface area contributed by atoms with Crippen molar-refractivity contribution >= 4 is 11.7 Å². The van der Waals surface area contributed by atoms with Gasteiger partial charge in [0.15, 0.2) is 0 Å². The van der Waals surface area contributed by atoms with Crippen molar-refractivity contribution in [3.05, 3.63) is 23.9 Å². The Balaban J connectivity index is 2.12. The zero-order valence-electron chi connectivity index (χ0n) is 11.1. The number of carbonyl (C=O) groups is 1. The zero-order valence-corrected chi connectivity index (χ0v) is 11.1. The molecule has 19 heavy (non-hydrogen) atoms. The Hall–Kier alpha value is -1.66. The summed E-state index contributed by atoms with van der Waals surface area (Å²) in [7, 11) is 1.65. The Bertz CT molecular complexity index is 433. The Morgan fingerprint density at radius 1 is 1.47 bits per heavy atom. The maximum absolute atomic E-state index is 12.1. The van der Waals surface area contributed by atoms with Gasteiger partial charge in [-0.2, -0.15) is 0 Å². The minimum atomic E-state index is -0.177. The molecular formula is C13H19N3O3. The Morgan fingerprint density at radius 2 is 2.21 bits per heavy atom. The van der Waals surface area contributed by atoms with Crippen molar-refractivity contribution in [2.75, 3.05) is 51.4 Å². The molecule has 0 aromatic carbocycles. The second-order valence-corrected chi connectivity index (χ2v) is 4.43. The summed E-state index contributed by atoms with van der Waals surface area (Å²) >= 11 is 0. The van der Waals surface area contributed by atoms with Crippen LogP contribution in [0.3, 0.4) is 0 Å². The molecule has 0 atom stereocenters. The molecule has 104 valence electrons. The first-order valence-electron chi connectivity index (χ1n) is 6.38. The summed E-state index contributed by atoms with van der Waals surface area (Å²) in [6, 6.07) is 5.42. The highest BCUT2D eigenvalue weighted by molar-refractivity contribution is 5.92. The van der Waals surface area contributed by atoms with Gasteiger partial charge in [-0.3, -0.25) is 4.79 Å². The highest BCUT2D eigenvalue weighted by atomic mass is 16.5. The Morgan fingerprint density at radius 3 is 2.89 bits per heavy atom. The van der Waals surface area contributed by atoms with Crippen molar-refractivity contribution in [2.24, 2.45) is 0 Å². The molecule has 0 aliphatic carbocycles. The molecule has 0 bridgehead atoms. The number of amides is 1. The molecule has 1 amide bonds. The molecular weight excluding hydrogens is 246 g/mol. The van der Waals surface area contributed by atoms with Crippen molar-refractivity contribution in [1.82, 2.24) is 9.88 Å². The second kappa shape index (κ2) is 6.49. The number of aliphatic hydroxyl groups excluding tert-OH is 1. The predicted octanol–water partition coefficient (Wildman–Crippen LogP) is -0.0175. The number of hydrogen-bond donors (Lipinski definition) is 1. The van der Waals surface area contributed by atoms with E-state index in [1.165, 1.54) is 4.90 Å². The van der Waals surface area contributed by atoms with E-state index in [9.17, 15) is 4.79 Å². The SMILES string of the molecule is CN(CCO)C(=O)c1cccc(N2CCOCC2)n1. The molecule has 1 aliphatic heterocycles. The summed E-state index contributed by atoms with van der Waals surface area (Å²) in [5, 5.41) is 8.85. The van der Waals surface area contributed by atoms with Gasteiger partial charge in [-0.05, 0) is 12.1 Å². The van der Waals surface area contributed by atoms with Gasteiger partial charge < -0.3 is 19.6 Å². The fraction of sp³-hybridized carbons (Fsp3) is 0.538. The van der Waals surface area contributed by atoms with Crippen molar-refractivity contribution in [3.8, 4) is 0 Å². The summed E-state index contributed by atoms with van der Waals surface area (Å²) in [4.78, 5) is 20.0. The van der Waals surface area contributed by atoms with Gasteiger partial charge >= 0.3 is 0 Å². The largest absolute Gasteiger partial charge is 0.395 e. The molecule has 0 radical (unpaired) electrons. The number of likely N-dealkylation sites (N-methyl/N-ethyl adjacent to an activating group) is 1. The maximum atomic E-state index is 12.1. The first-order chi connectivity index (χ1) is 9.22. The smallest absolute Gasteiger partial charge is 0.272 e. The normalized spacial score (nSPS) is 15.4. The molecule has 1 aromatic rings. The summed E-state index contributed by atoms with van der Waals surface area (Å²) in [5.74, 6) is 0.621. The average Bonchev–Trinajstić information content (AvgIpc) is 2.48. The van der Waals surface area contributed by atoms with Crippen LogP contribution in [0.25, 0.3) is 0 Å². The van der Waals surface area contributed by atoms with Crippen LogP contribution in [0.15, 0.2) is 18.2 Å². The molecule has 0 saturated carbocycles. The molecule has 1 aliphatic rings. The fourth-order valence-corrected chi connectivity index (χ4v) is 1.96. The van der Waals surface area contributed by atoms with E-state index < -0.39 is 0 Å². The monoisotopic (exact) mass is 265 g/mol. The summed E-state index contributed by atoms with van der Waals surface area (Å²) in [5.41, 5.74) is 0.403. The zero-order chi connectivity index (χ0) is 13.7. The lowest BCUT2D eigenvalue weighted by molar-refractivity contribution is 0.0761. The summed E-state index contributed by atoms with van der Waals surface area (Å²) in [6.45, 7) is 3.20. The van der Waals surface area contributed by atoms with Gasteiger partial charge in [0.2, 0.25) is 0 Å². The number of hydrogen-bond acceptors (Lipinski definition) is 5. The van der Waals surface area contributed by atoms with Crippen LogP contribution >= 0.6 is 0 Å². The fourth-order valence-electron chi connectivity index (χ4n) is 1.96. The molecule has 2 rings (SSSR count). The van der Waals surface area contributed by atoms with Crippen LogP contribution in [0.1, 0.15) is 10.5 Å². The molecule has 1 fully saturated rings. The van der Waals surface area contributed by atoms with Crippen molar-refractivity contribution in [3.63, 3.8) is 0 Å². The van der Waals surface area contributed by atoms with E-state index in [0.717, 1.165) is 18.9 Å². The third kappa shape index (κ3) is 3.42. The first kappa shape index (κ1) is 13.8. The van der Waals surface area contributed by atoms with Gasteiger partial charge in [-0.25, -0.2) is 4.98 Å². The van der Waals surface area contributed by atoms with Gasteiger partial charge in [0.25, 0.3) is 5.91 Å². The van der Waals surface area contributed by atoms with Gasteiger partial charge in [-0.1, -0.05) is 6.07 Å². The van der Waals surface area contributed by atoms with E-state index in [1.807, 2.05) is 12.1 Å². The lowest BCUT2D eigenvalue weighted by Gasteiger charge is -2.28. The topological polar surface area (TPSA) is 65.9 Å². The van der Waals surface area contributed by atoms with Crippen molar-refractivity contribution in [2.45, 2.75) is 0 Å². The molecule has 1 saturated heterocycles. The number of nitrogens with zero attached hydrogens (tertiary/aromatic N) is 3. The van der Waals surface area contributed by atoms with Crippen molar-refractivity contribution < 1.29 is 14.6 Å². The molecule has 6 nitrogen and oxygen atoms in total. The van der Waals surface area contributed by atoms with Crippen LogP contribution in [-0.2, 0) is 4.74 Å². The van der Waals surface area contributed by atoms with Gasteiger partial charge in [0.05, 0.1) is 19.8 Å². The van der Waals surface area contributed by atoms with Crippen LogP contribution in [0.2, 0.25) is 0 Å². The number of anilines is 1. The number of rotatable bonds is 4. The van der Waals surface area contributed by atoms with E-state index >= 15 is 0 Å². The number of aliphatic hydroxyl groups is 1. The standard InChI is InChI=1S/C13H19N3O3/c1-15(5-8-17)13(18)11-3-2-4-12(14-11)16-6-9-19-10-7-16/h2-4,17H,5-10H2,1H3. The van der Waals surface area contributed by atoms with Crippen molar-refractivity contribution in [1.29, 1.82) is 0 Å². The van der Waals surface area contributed by atoms with E-state index in [1.54, 1.807) is 13.1 Å². The van der Waals surface area contributed by atoms with E-state index in [-0.39, 0.29) is 12.5 Å². The van der Waals surface area contributed by atoms with E-state index in [0.29, 0.717) is 25.5 Å². The highest BCUT2D eigenvalue weighted by Gasteiger charge is 2.16. The Kier molecular flexibility index (Phi) is 4.70. The number of morpholine rings is 1. The third-order valence-corrected chi connectivity index (χ3v) is 3.07. The van der Waals surface area contributed by atoms with Crippen LogP contribution < -0.4 is 4.90 Å². The molecule has 1 N–H and O–H groups in total. The average molecular weight is 265 g/mol. The molecule has 1 aromatic heterocycles. The molecule has 0 spiro atoms. The van der Waals surface area contributed by atoms with E-state index in [4.69, 9.17) is 9.84 Å². The van der Waals surface area contributed by atoms with Gasteiger partial charge in [0, 0.05) is 26.7 Å². The van der Waals surface area contributed by atoms with Crippen LogP contribution in [0.5, 0.6) is 0 Å². The van der Waals surface area contributed by atoms with Gasteiger partial charge in [-0.15, -0.1) is 0 Å². The number of pyridine rings is 1.